The Morgan fingerprint density at radius 3 is 2.93 bits per heavy atom. The van der Waals surface area contributed by atoms with Crippen molar-refractivity contribution in [1.82, 2.24) is 4.98 Å². The number of aromatic carboxylic acids is 1. The van der Waals surface area contributed by atoms with Crippen LogP contribution in [0.5, 0.6) is 0 Å². The first-order valence-electron chi connectivity index (χ1n) is 4.55. The molecule has 0 atom stereocenters. The zero-order valence-corrected chi connectivity index (χ0v) is 7.87. The van der Waals surface area contributed by atoms with Gasteiger partial charge in [0.15, 0.2) is 0 Å². The van der Waals surface area contributed by atoms with Crippen molar-refractivity contribution in [2.45, 2.75) is 13.3 Å². The fourth-order valence-electron chi connectivity index (χ4n) is 1.60. The molecule has 0 aliphatic carbocycles. The van der Waals surface area contributed by atoms with Crippen LogP contribution in [0.3, 0.4) is 0 Å². The Morgan fingerprint density at radius 2 is 2.29 bits per heavy atom. The normalized spacial score (nSPS) is 10.6. The minimum absolute atomic E-state index is 0.340. The number of fused-ring (bicyclic) bond motifs is 1. The standard InChI is InChI=1S/C11H11NO2/c1-2-7-6-12-10-4-3-8(11(13)14)5-9(7)10/h3-6,12H,2H2,1H3,(H,13,14). The van der Waals surface area contributed by atoms with Crippen LogP contribution in [0.1, 0.15) is 22.8 Å². The number of benzene rings is 1. The lowest BCUT2D eigenvalue weighted by Gasteiger charge is -1.96. The van der Waals surface area contributed by atoms with Crippen LogP contribution >= 0.6 is 0 Å². The third kappa shape index (κ3) is 1.27. The molecule has 3 heteroatoms. The van der Waals surface area contributed by atoms with Crippen molar-refractivity contribution in [3.63, 3.8) is 0 Å². The quantitative estimate of drug-likeness (QED) is 0.762. The summed E-state index contributed by atoms with van der Waals surface area (Å²) in [5.74, 6) is -0.879. The first-order valence-corrected chi connectivity index (χ1v) is 4.55. The summed E-state index contributed by atoms with van der Waals surface area (Å²) in [5, 5.41) is 9.84. The highest BCUT2D eigenvalue weighted by Gasteiger charge is 2.06. The first-order chi connectivity index (χ1) is 6.72. The first kappa shape index (κ1) is 8.81. The third-order valence-corrected chi connectivity index (χ3v) is 2.40. The number of aromatic nitrogens is 1. The summed E-state index contributed by atoms with van der Waals surface area (Å²) in [6, 6.07) is 5.13. The molecule has 3 nitrogen and oxygen atoms in total. The topological polar surface area (TPSA) is 53.1 Å². The Labute approximate surface area is 81.4 Å². The average Bonchev–Trinajstić information content (AvgIpc) is 2.59. The molecule has 0 amide bonds. The van der Waals surface area contributed by atoms with Crippen LogP contribution in [0.15, 0.2) is 24.4 Å². The summed E-state index contributed by atoms with van der Waals surface area (Å²) in [5.41, 5.74) is 2.49. The summed E-state index contributed by atoms with van der Waals surface area (Å²) in [6.45, 7) is 2.05. The molecule has 0 radical (unpaired) electrons. The zero-order chi connectivity index (χ0) is 10.1. The van der Waals surface area contributed by atoms with Crippen LogP contribution in [0.4, 0.5) is 0 Å². The Bertz CT molecular complexity index is 485. The van der Waals surface area contributed by atoms with Crippen molar-refractivity contribution in [3.05, 3.63) is 35.5 Å². The van der Waals surface area contributed by atoms with Crippen molar-refractivity contribution in [3.8, 4) is 0 Å². The number of carboxylic acids is 1. The molecule has 0 unspecified atom stereocenters. The molecule has 0 aliphatic rings. The van der Waals surface area contributed by atoms with E-state index in [-0.39, 0.29) is 0 Å². The number of aromatic amines is 1. The molecule has 0 spiro atoms. The van der Waals surface area contributed by atoms with Gasteiger partial charge >= 0.3 is 5.97 Å². The van der Waals surface area contributed by atoms with Gasteiger partial charge in [-0.1, -0.05) is 6.92 Å². The lowest BCUT2D eigenvalue weighted by Crippen LogP contribution is -1.95. The monoisotopic (exact) mass is 189 g/mol. The van der Waals surface area contributed by atoms with Gasteiger partial charge in [0.25, 0.3) is 0 Å². The maximum Gasteiger partial charge on any atom is 0.335 e. The number of hydrogen-bond donors (Lipinski definition) is 2. The molecule has 0 aliphatic heterocycles. The van der Waals surface area contributed by atoms with Crippen LogP contribution in [-0.2, 0) is 6.42 Å². The second kappa shape index (κ2) is 3.18. The van der Waals surface area contributed by atoms with Gasteiger partial charge < -0.3 is 10.1 Å². The molecule has 2 aromatic rings. The molecular weight excluding hydrogens is 178 g/mol. The van der Waals surface area contributed by atoms with Crippen molar-refractivity contribution >= 4 is 16.9 Å². The van der Waals surface area contributed by atoms with E-state index in [2.05, 4.69) is 11.9 Å². The van der Waals surface area contributed by atoms with Gasteiger partial charge in [0.05, 0.1) is 5.56 Å². The molecule has 14 heavy (non-hydrogen) atoms. The number of aryl methyl sites for hydroxylation is 1. The summed E-state index contributed by atoms with van der Waals surface area (Å²) in [4.78, 5) is 13.9. The van der Waals surface area contributed by atoms with Gasteiger partial charge in [-0.15, -0.1) is 0 Å². The van der Waals surface area contributed by atoms with Crippen LogP contribution in [-0.4, -0.2) is 16.1 Å². The number of carbonyl (C=O) groups is 1. The molecule has 2 rings (SSSR count). The Morgan fingerprint density at radius 1 is 1.50 bits per heavy atom. The van der Waals surface area contributed by atoms with Crippen molar-refractivity contribution in [2.75, 3.05) is 0 Å². The Hall–Kier alpha value is -1.77. The van der Waals surface area contributed by atoms with Gasteiger partial charge in [-0.3, -0.25) is 0 Å². The molecular formula is C11H11NO2. The SMILES string of the molecule is CCc1c[nH]c2ccc(C(=O)O)cc12. The maximum atomic E-state index is 10.8. The van der Waals surface area contributed by atoms with E-state index in [0.717, 1.165) is 22.9 Å². The smallest absolute Gasteiger partial charge is 0.335 e. The molecule has 1 aromatic heterocycles. The molecule has 72 valence electrons. The second-order valence-corrected chi connectivity index (χ2v) is 3.23. The van der Waals surface area contributed by atoms with Crippen LogP contribution in [0, 0.1) is 0 Å². The van der Waals surface area contributed by atoms with Gasteiger partial charge in [0, 0.05) is 17.1 Å². The largest absolute Gasteiger partial charge is 0.478 e. The average molecular weight is 189 g/mol. The van der Waals surface area contributed by atoms with E-state index < -0.39 is 5.97 Å². The van der Waals surface area contributed by atoms with Crippen LogP contribution < -0.4 is 0 Å². The van der Waals surface area contributed by atoms with E-state index >= 15 is 0 Å². The van der Waals surface area contributed by atoms with E-state index in [1.807, 2.05) is 6.20 Å². The maximum absolute atomic E-state index is 10.8. The van der Waals surface area contributed by atoms with E-state index in [9.17, 15) is 4.79 Å². The highest BCUT2D eigenvalue weighted by molar-refractivity contribution is 5.94. The highest BCUT2D eigenvalue weighted by Crippen LogP contribution is 2.20. The summed E-state index contributed by atoms with van der Waals surface area (Å²) < 4.78 is 0. The number of nitrogens with one attached hydrogen (secondary N) is 1. The van der Waals surface area contributed by atoms with Crippen LogP contribution in [0.25, 0.3) is 10.9 Å². The summed E-state index contributed by atoms with van der Waals surface area (Å²) >= 11 is 0. The predicted molar refractivity (Wildman–Crippen MR) is 54.6 cm³/mol. The van der Waals surface area contributed by atoms with E-state index in [0.29, 0.717) is 5.56 Å². The number of hydrogen-bond acceptors (Lipinski definition) is 1. The molecule has 0 fully saturated rings. The second-order valence-electron chi connectivity index (χ2n) is 3.23. The van der Waals surface area contributed by atoms with Crippen LogP contribution in [0.2, 0.25) is 0 Å². The van der Waals surface area contributed by atoms with Gasteiger partial charge in [-0.2, -0.15) is 0 Å². The molecule has 2 N–H and O–H groups in total. The Kier molecular flexibility index (Phi) is 2.00. The molecule has 0 bridgehead atoms. The lowest BCUT2D eigenvalue weighted by molar-refractivity contribution is 0.0697. The van der Waals surface area contributed by atoms with Crippen molar-refractivity contribution in [1.29, 1.82) is 0 Å². The minimum Gasteiger partial charge on any atom is -0.478 e. The zero-order valence-electron chi connectivity index (χ0n) is 7.87. The van der Waals surface area contributed by atoms with Gasteiger partial charge in [0.2, 0.25) is 0 Å². The summed E-state index contributed by atoms with van der Waals surface area (Å²) in [7, 11) is 0. The fourth-order valence-corrected chi connectivity index (χ4v) is 1.60. The lowest BCUT2D eigenvalue weighted by atomic mass is 10.1. The van der Waals surface area contributed by atoms with Gasteiger partial charge in [-0.05, 0) is 30.2 Å². The number of H-pyrrole nitrogens is 1. The molecule has 0 saturated carbocycles. The number of rotatable bonds is 2. The van der Waals surface area contributed by atoms with Gasteiger partial charge in [0.1, 0.15) is 0 Å². The summed E-state index contributed by atoms with van der Waals surface area (Å²) in [6.07, 6.45) is 2.83. The molecule has 1 aromatic carbocycles. The fraction of sp³-hybridized carbons (Fsp3) is 0.182. The predicted octanol–water partition coefficient (Wildman–Crippen LogP) is 2.43. The van der Waals surface area contributed by atoms with Crippen molar-refractivity contribution in [2.24, 2.45) is 0 Å². The highest BCUT2D eigenvalue weighted by atomic mass is 16.4. The van der Waals surface area contributed by atoms with E-state index in [1.54, 1.807) is 18.2 Å². The molecule has 1 heterocycles. The van der Waals surface area contributed by atoms with Gasteiger partial charge in [-0.25, -0.2) is 4.79 Å². The Balaban J connectivity index is 2.67. The minimum atomic E-state index is -0.879. The van der Waals surface area contributed by atoms with E-state index in [1.165, 1.54) is 0 Å². The molecule has 0 saturated heterocycles. The van der Waals surface area contributed by atoms with Crippen molar-refractivity contribution < 1.29 is 9.90 Å². The van der Waals surface area contributed by atoms with E-state index in [4.69, 9.17) is 5.11 Å². The third-order valence-electron chi connectivity index (χ3n) is 2.40. The number of carboxylic acid groups (broad SMARTS) is 1.